The number of aliphatic hydroxyl groups is 1. The van der Waals surface area contributed by atoms with Crippen LogP contribution in [0.4, 0.5) is 0 Å². The van der Waals surface area contributed by atoms with Crippen LogP contribution < -0.4 is 5.73 Å². The van der Waals surface area contributed by atoms with E-state index in [9.17, 15) is 9.59 Å². The molecule has 0 heterocycles. The third kappa shape index (κ3) is 1.99. The number of Topliss-reactive ketones (excluding diaryl/α,β-unsaturated/α-hetero) is 1. The SMILES string of the molecule is CC(O)C(=O)[C@@](C)(N)C(=O)O. The maximum Gasteiger partial charge on any atom is 0.331 e. The van der Waals surface area contributed by atoms with Crippen LogP contribution in [0.5, 0.6) is 0 Å². The van der Waals surface area contributed by atoms with Gasteiger partial charge in [-0.25, -0.2) is 4.79 Å². The van der Waals surface area contributed by atoms with Crippen LogP contribution in [0.25, 0.3) is 0 Å². The number of rotatable bonds is 3. The molecule has 0 saturated heterocycles. The summed E-state index contributed by atoms with van der Waals surface area (Å²) < 4.78 is 0. The summed E-state index contributed by atoms with van der Waals surface area (Å²) in [4.78, 5) is 21.2. The molecule has 0 aromatic heterocycles. The van der Waals surface area contributed by atoms with Crippen molar-refractivity contribution in [2.45, 2.75) is 25.5 Å². The summed E-state index contributed by atoms with van der Waals surface area (Å²) in [5.41, 5.74) is 3.10. The largest absolute Gasteiger partial charge is 0.480 e. The molecule has 0 rings (SSSR count). The van der Waals surface area contributed by atoms with E-state index in [1.807, 2.05) is 0 Å². The summed E-state index contributed by atoms with van der Waals surface area (Å²) >= 11 is 0. The predicted octanol–water partition coefficient (Wildman–Crippen LogP) is -1.26. The first kappa shape index (κ1) is 10.1. The molecular weight excluding hydrogens is 150 g/mol. The highest BCUT2D eigenvalue weighted by Gasteiger charge is 2.38. The number of aliphatic carboxylic acids is 1. The Bertz CT molecular complexity index is 185. The van der Waals surface area contributed by atoms with Crippen LogP contribution in [0.2, 0.25) is 0 Å². The summed E-state index contributed by atoms with van der Waals surface area (Å²) in [7, 11) is 0. The average molecular weight is 161 g/mol. The Hall–Kier alpha value is -0.940. The molecule has 2 atom stereocenters. The molecule has 4 N–H and O–H groups in total. The highest BCUT2D eigenvalue weighted by atomic mass is 16.4. The van der Waals surface area contributed by atoms with Gasteiger partial charge in [0.15, 0.2) is 11.3 Å². The van der Waals surface area contributed by atoms with Gasteiger partial charge < -0.3 is 15.9 Å². The van der Waals surface area contributed by atoms with Gasteiger partial charge in [0.25, 0.3) is 0 Å². The van der Waals surface area contributed by atoms with E-state index in [0.717, 1.165) is 6.92 Å². The van der Waals surface area contributed by atoms with Gasteiger partial charge in [0, 0.05) is 0 Å². The van der Waals surface area contributed by atoms with Crippen LogP contribution in [0.15, 0.2) is 0 Å². The smallest absolute Gasteiger partial charge is 0.331 e. The fraction of sp³-hybridized carbons (Fsp3) is 0.667. The molecular formula is C6H11NO4. The van der Waals surface area contributed by atoms with E-state index in [1.54, 1.807) is 0 Å². The highest BCUT2D eigenvalue weighted by molar-refractivity contribution is 6.08. The zero-order valence-corrected chi connectivity index (χ0v) is 6.37. The summed E-state index contributed by atoms with van der Waals surface area (Å²) in [5.74, 6) is -2.34. The first-order valence-electron chi connectivity index (χ1n) is 3.04. The first-order valence-corrected chi connectivity index (χ1v) is 3.04. The molecule has 0 aromatic carbocycles. The van der Waals surface area contributed by atoms with Gasteiger partial charge in [-0.2, -0.15) is 0 Å². The van der Waals surface area contributed by atoms with Gasteiger partial charge in [0.2, 0.25) is 0 Å². The summed E-state index contributed by atoms with van der Waals surface area (Å²) in [6, 6.07) is 0. The van der Waals surface area contributed by atoms with Crippen molar-refractivity contribution in [2.75, 3.05) is 0 Å². The number of hydrogen-bond donors (Lipinski definition) is 3. The molecule has 0 aliphatic heterocycles. The Balaban J connectivity index is 4.56. The summed E-state index contributed by atoms with van der Waals surface area (Å²) in [5, 5.41) is 17.1. The summed E-state index contributed by atoms with van der Waals surface area (Å²) in [6.45, 7) is 2.22. The molecule has 1 unspecified atom stereocenters. The van der Waals surface area contributed by atoms with E-state index >= 15 is 0 Å². The number of ketones is 1. The van der Waals surface area contributed by atoms with E-state index in [0.29, 0.717) is 0 Å². The monoisotopic (exact) mass is 161 g/mol. The number of nitrogens with two attached hydrogens (primary N) is 1. The lowest BCUT2D eigenvalue weighted by Crippen LogP contribution is -2.55. The van der Waals surface area contributed by atoms with Crippen molar-refractivity contribution in [3.05, 3.63) is 0 Å². The molecule has 5 nitrogen and oxygen atoms in total. The Kier molecular flexibility index (Phi) is 2.72. The second-order valence-corrected chi connectivity index (χ2v) is 2.55. The quantitative estimate of drug-likeness (QED) is 0.448. The minimum Gasteiger partial charge on any atom is -0.480 e. The standard InChI is InChI=1S/C6H11NO4/c1-3(8)4(9)6(2,7)5(10)11/h3,8H,7H2,1-2H3,(H,10,11)/t3?,6-/m1/s1. The average Bonchev–Trinajstić information content (AvgIpc) is 1.85. The van der Waals surface area contributed by atoms with E-state index in [2.05, 4.69) is 0 Å². The molecule has 0 aromatic rings. The minimum absolute atomic E-state index is 0.898. The van der Waals surface area contributed by atoms with Crippen LogP contribution in [0.1, 0.15) is 13.8 Å². The zero-order chi connectivity index (χ0) is 9.23. The Labute approximate surface area is 63.8 Å². The summed E-state index contributed by atoms with van der Waals surface area (Å²) in [6.07, 6.45) is -1.35. The maximum atomic E-state index is 10.9. The lowest BCUT2D eigenvalue weighted by Gasteiger charge is -2.18. The molecule has 5 heteroatoms. The molecule has 64 valence electrons. The molecule has 0 saturated carbocycles. The topological polar surface area (TPSA) is 101 Å². The number of aliphatic hydroxyl groups excluding tert-OH is 1. The van der Waals surface area contributed by atoms with Crippen LogP contribution in [0.3, 0.4) is 0 Å². The first-order chi connectivity index (χ1) is 4.80. The van der Waals surface area contributed by atoms with Gasteiger partial charge in [-0.15, -0.1) is 0 Å². The van der Waals surface area contributed by atoms with E-state index in [4.69, 9.17) is 15.9 Å². The Morgan fingerprint density at radius 3 is 2.00 bits per heavy atom. The third-order valence-electron chi connectivity index (χ3n) is 1.34. The zero-order valence-electron chi connectivity index (χ0n) is 6.37. The third-order valence-corrected chi connectivity index (χ3v) is 1.34. The normalized spacial score (nSPS) is 18.5. The molecule has 0 aliphatic rings. The molecule has 0 spiro atoms. The Morgan fingerprint density at radius 2 is 1.91 bits per heavy atom. The van der Waals surface area contributed by atoms with Gasteiger partial charge in [-0.05, 0) is 13.8 Å². The number of carbonyl (C=O) groups is 2. The van der Waals surface area contributed by atoms with Gasteiger partial charge >= 0.3 is 5.97 Å². The van der Waals surface area contributed by atoms with Crippen LogP contribution >= 0.6 is 0 Å². The van der Waals surface area contributed by atoms with E-state index in [1.165, 1.54) is 6.92 Å². The van der Waals surface area contributed by atoms with Gasteiger partial charge in [-0.1, -0.05) is 0 Å². The molecule has 11 heavy (non-hydrogen) atoms. The van der Waals surface area contributed by atoms with Crippen molar-refractivity contribution >= 4 is 11.8 Å². The lowest BCUT2D eigenvalue weighted by molar-refractivity contribution is -0.150. The number of carboxylic acid groups (broad SMARTS) is 1. The van der Waals surface area contributed by atoms with Gasteiger partial charge in [0.1, 0.15) is 6.10 Å². The van der Waals surface area contributed by atoms with Crippen molar-refractivity contribution in [3.63, 3.8) is 0 Å². The fourth-order valence-corrected chi connectivity index (χ4v) is 0.539. The lowest BCUT2D eigenvalue weighted by atomic mass is 9.95. The Morgan fingerprint density at radius 1 is 1.55 bits per heavy atom. The van der Waals surface area contributed by atoms with Crippen molar-refractivity contribution in [1.29, 1.82) is 0 Å². The van der Waals surface area contributed by atoms with Crippen LogP contribution in [0, 0.1) is 0 Å². The highest BCUT2D eigenvalue weighted by Crippen LogP contribution is 2.04. The van der Waals surface area contributed by atoms with Crippen LogP contribution in [-0.4, -0.2) is 33.6 Å². The number of carbonyl (C=O) groups excluding carboxylic acids is 1. The molecule has 0 radical (unpaired) electrons. The van der Waals surface area contributed by atoms with Crippen LogP contribution in [-0.2, 0) is 9.59 Å². The van der Waals surface area contributed by atoms with Gasteiger partial charge in [-0.3, -0.25) is 4.79 Å². The van der Waals surface area contributed by atoms with Crippen molar-refractivity contribution in [3.8, 4) is 0 Å². The molecule has 0 aliphatic carbocycles. The van der Waals surface area contributed by atoms with Crippen molar-refractivity contribution in [2.24, 2.45) is 5.73 Å². The number of hydrogen-bond acceptors (Lipinski definition) is 4. The second kappa shape index (κ2) is 2.98. The second-order valence-electron chi connectivity index (χ2n) is 2.55. The van der Waals surface area contributed by atoms with Crippen molar-refractivity contribution in [1.82, 2.24) is 0 Å². The van der Waals surface area contributed by atoms with E-state index in [-0.39, 0.29) is 0 Å². The maximum absolute atomic E-state index is 10.9. The van der Waals surface area contributed by atoms with E-state index < -0.39 is 23.4 Å². The van der Waals surface area contributed by atoms with Gasteiger partial charge in [0.05, 0.1) is 0 Å². The minimum atomic E-state index is -1.99. The fourth-order valence-electron chi connectivity index (χ4n) is 0.539. The molecule has 0 fully saturated rings. The predicted molar refractivity (Wildman–Crippen MR) is 36.9 cm³/mol. The molecule has 0 amide bonds. The van der Waals surface area contributed by atoms with Crippen molar-refractivity contribution < 1.29 is 19.8 Å². The molecule has 0 bridgehead atoms. The number of carboxylic acids is 1.